The molecule has 6 heteroatoms. The summed E-state index contributed by atoms with van der Waals surface area (Å²) in [5, 5.41) is 6.12. The van der Waals surface area contributed by atoms with Crippen LogP contribution < -0.4 is 10.5 Å². The van der Waals surface area contributed by atoms with Crippen molar-refractivity contribution in [2.75, 3.05) is 5.73 Å². The molecule has 0 amide bonds. The van der Waals surface area contributed by atoms with Gasteiger partial charge in [-0.25, -0.2) is 4.79 Å². The highest BCUT2D eigenvalue weighted by Crippen LogP contribution is 2.24. The van der Waals surface area contributed by atoms with Crippen LogP contribution in [0.3, 0.4) is 0 Å². The first kappa shape index (κ1) is 10.7. The molecule has 3 N–H and O–H groups in total. The number of halogens is 1. The minimum absolute atomic E-state index is 0.216. The Bertz CT molecular complexity index is 524. The van der Waals surface area contributed by atoms with Crippen molar-refractivity contribution in [3.8, 4) is 5.75 Å². The van der Waals surface area contributed by atoms with Gasteiger partial charge < -0.3 is 10.5 Å². The third-order valence-corrected chi connectivity index (χ3v) is 2.51. The highest BCUT2D eigenvalue weighted by atomic mass is 79.9. The van der Waals surface area contributed by atoms with Crippen LogP contribution in [0, 0.1) is 0 Å². The smallest absolute Gasteiger partial charge is 0.361 e. The van der Waals surface area contributed by atoms with Gasteiger partial charge in [0.05, 0.1) is 4.47 Å². The van der Waals surface area contributed by atoms with Crippen molar-refractivity contribution in [2.45, 2.75) is 0 Å². The van der Waals surface area contributed by atoms with Crippen molar-refractivity contribution in [1.82, 2.24) is 10.2 Å². The summed E-state index contributed by atoms with van der Waals surface area (Å²) >= 11 is 3.27. The minimum atomic E-state index is -0.531. The summed E-state index contributed by atoms with van der Waals surface area (Å²) < 4.78 is 5.84. The van der Waals surface area contributed by atoms with Crippen LogP contribution in [0.2, 0.25) is 0 Å². The number of nitrogen functional groups attached to an aromatic ring is 1. The molecule has 0 spiro atoms. The standard InChI is InChI=1S/C10H8BrN3O2/c11-6-3-1-2-4-8(6)16-10(15)7-5-9(12)14-13-7/h1-5H,(H3,12,13,14). The van der Waals surface area contributed by atoms with Crippen LogP contribution in [0.4, 0.5) is 5.82 Å². The van der Waals surface area contributed by atoms with Gasteiger partial charge in [-0.05, 0) is 28.1 Å². The topological polar surface area (TPSA) is 81.0 Å². The molecule has 0 radical (unpaired) electrons. The molecule has 1 heterocycles. The highest BCUT2D eigenvalue weighted by molar-refractivity contribution is 9.10. The number of nitrogens with two attached hydrogens (primary N) is 1. The summed E-state index contributed by atoms with van der Waals surface area (Å²) in [6.45, 7) is 0. The second kappa shape index (κ2) is 4.36. The molecule has 16 heavy (non-hydrogen) atoms. The fourth-order valence-electron chi connectivity index (χ4n) is 1.12. The quantitative estimate of drug-likeness (QED) is 0.651. The fraction of sp³-hybridized carbons (Fsp3) is 0. The maximum atomic E-state index is 11.6. The summed E-state index contributed by atoms with van der Waals surface area (Å²) in [6, 6.07) is 8.48. The maximum absolute atomic E-state index is 11.6. The van der Waals surface area contributed by atoms with E-state index in [1.54, 1.807) is 18.2 Å². The maximum Gasteiger partial charge on any atom is 0.361 e. The predicted octanol–water partition coefficient (Wildman–Crippen LogP) is 1.97. The molecule has 0 fully saturated rings. The number of aromatic amines is 1. The second-order valence-electron chi connectivity index (χ2n) is 3.03. The Kier molecular flexibility index (Phi) is 2.91. The first-order valence-corrected chi connectivity index (χ1v) is 5.23. The molecule has 1 aromatic heterocycles. The van der Waals surface area contributed by atoms with Gasteiger partial charge in [0.1, 0.15) is 17.3 Å². The molecule has 0 bridgehead atoms. The van der Waals surface area contributed by atoms with Crippen molar-refractivity contribution in [3.05, 3.63) is 40.5 Å². The van der Waals surface area contributed by atoms with Crippen LogP contribution in [0.1, 0.15) is 10.5 Å². The zero-order chi connectivity index (χ0) is 11.5. The summed E-state index contributed by atoms with van der Waals surface area (Å²) in [4.78, 5) is 11.6. The zero-order valence-corrected chi connectivity index (χ0v) is 9.69. The van der Waals surface area contributed by atoms with Crippen LogP contribution in [0.25, 0.3) is 0 Å². The van der Waals surface area contributed by atoms with E-state index in [0.29, 0.717) is 10.2 Å². The number of hydrogen-bond donors (Lipinski definition) is 2. The second-order valence-corrected chi connectivity index (χ2v) is 3.88. The lowest BCUT2D eigenvalue weighted by Gasteiger charge is -2.03. The summed E-state index contributed by atoms with van der Waals surface area (Å²) in [7, 11) is 0. The molecule has 0 aliphatic rings. The summed E-state index contributed by atoms with van der Waals surface area (Å²) in [5.41, 5.74) is 5.60. The number of H-pyrrole nitrogens is 1. The van der Waals surface area contributed by atoms with E-state index in [9.17, 15) is 4.79 Å². The first-order valence-electron chi connectivity index (χ1n) is 4.44. The molecule has 2 rings (SSSR count). The number of benzene rings is 1. The number of ether oxygens (including phenoxy) is 1. The van der Waals surface area contributed by atoms with Crippen molar-refractivity contribution >= 4 is 27.7 Å². The molecule has 0 atom stereocenters. The Hall–Kier alpha value is -1.82. The minimum Gasteiger partial charge on any atom is -0.421 e. The van der Waals surface area contributed by atoms with Crippen molar-refractivity contribution < 1.29 is 9.53 Å². The lowest BCUT2D eigenvalue weighted by atomic mass is 10.3. The average Bonchev–Trinajstić information content (AvgIpc) is 2.68. The summed E-state index contributed by atoms with van der Waals surface area (Å²) in [6.07, 6.45) is 0. The van der Waals surface area contributed by atoms with E-state index in [0.717, 1.165) is 0 Å². The third-order valence-electron chi connectivity index (χ3n) is 1.86. The van der Waals surface area contributed by atoms with Gasteiger partial charge in [-0.1, -0.05) is 12.1 Å². The number of esters is 1. The average molecular weight is 282 g/mol. The molecular formula is C10H8BrN3O2. The third kappa shape index (κ3) is 2.22. The number of para-hydroxylation sites is 1. The Morgan fingerprint density at radius 1 is 1.44 bits per heavy atom. The van der Waals surface area contributed by atoms with Crippen LogP contribution in [-0.2, 0) is 0 Å². The molecule has 5 nitrogen and oxygen atoms in total. The van der Waals surface area contributed by atoms with E-state index in [2.05, 4.69) is 26.1 Å². The van der Waals surface area contributed by atoms with Crippen LogP contribution >= 0.6 is 15.9 Å². The molecular weight excluding hydrogens is 274 g/mol. The molecule has 0 aliphatic carbocycles. The van der Waals surface area contributed by atoms with E-state index in [-0.39, 0.29) is 11.5 Å². The number of nitrogens with zero attached hydrogens (tertiary/aromatic N) is 1. The van der Waals surface area contributed by atoms with E-state index in [1.807, 2.05) is 6.07 Å². The molecule has 82 valence electrons. The molecule has 0 saturated carbocycles. The van der Waals surface area contributed by atoms with Gasteiger partial charge in [-0.2, -0.15) is 5.10 Å². The summed E-state index contributed by atoms with van der Waals surface area (Å²) in [5.74, 6) is 0.163. The lowest BCUT2D eigenvalue weighted by Crippen LogP contribution is -2.09. The van der Waals surface area contributed by atoms with Crippen molar-refractivity contribution in [3.63, 3.8) is 0 Å². The monoisotopic (exact) mass is 281 g/mol. The molecule has 2 aromatic rings. The highest BCUT2D eigenvalue weighted by Gasteiger charge is 2.12. The van der Waals surface area contributed by atoms with Gasteiger partial charge in [-0.15, -0.1) is 0 Å². The zero-order valence-electron chi connectivity index (χ0n) is 8.11. The molecule has 0 saturated heterocycles. The van der Waals surface area contributed by atoms with E-state index in [1.165, 1.54) is 6.07 Å². The van der Waals surface area contributed by atoms with Crippen LogP contribution in [-0.4, -0.2) is 16.2 Å². The lowest BCUT2D eigenvalue weighted by molar-refractivity contribution is 0.0727. The van der Waals surface area contributed by atoms with Crippen molar-refractivity contribution in [2.24, 2.45) is 0 Å². The van der Waals surface area contributed by atoms with Crippen LogP contribution in [0.5, 0.6) is 5.75 Å². The number of nitrogens with one attached hydrogen (secondary N) is 1. The largest absolute Gasteiger partial charge is 0.421 e. The van der Waals surface area contributed by atoms with E-state index in [4.69, 9.17) is 10.5 Å². The number of carbonyl (C=O) groups excluding carboxylic acids is 1. The SMILES string of the molecule is Nc1cc(C(=O)Oc2ccccc2Br)[nH]n1. The first-order chi connectivity index (χ1) is 7.66. The van der Waals surface area contributed by atoms with Gasteiger partial charge in [0, 0.05) is 6.07 Å². The van der Waals surface area contributed by atoms with E-state index < -0.39 is 5.97 Å². The van der Waals surface area contributed by atoms with Crippen LogP contribution in [0.15, 0.2) is 34.8 Å². The Morgan fingerprint density at radius 2 is 2.19 bits per heavy atom. The van der Waals surface area contributed by atoms with Gasteiger partial charge in [0.25, 0.3) is 0 Å². The normalized spacial score (nSPS) is 10.1. The number of anilines is 1. The molecule has 0 aliphatic heterocycles. The van der Waals surface area contributed by atoms with Gasteiger partial charge in [-0.3, -0.25) is 5.10 Å². The number of hydrogen-bond acceptors (Lipinski definition) is 4. The van der Waals surface area contributed by atoms with Crippen molar-refractivity contribution in [1.29, 1.82) is 0 Å². The number of rotatable bonds is 2. The van der Waals surface area contributed by atoms with E-state index >= 15 is 0 Å². The predicted molar refractivity (Wildman–Crippen MR) is 62.1 cm³/mol. The Labute approximate surface area is 99.7 Å². The van der Waals surface area contributed by atoms with Gasteiger partial charge in [0.2, 0.25) is 0 Å². The Morgan fingerprint density at radius 3 is 2.81 bits per heavy atom. The number of aromatic nitrogens is 2. The number of carbonyl (C=O) groups is 1. The molecule has 1 aromatic carbocycles. The fourth-order valence-corrected chi connectivity index (χ4v) is 1.49. The Balaban J connectivity index is 2.17. The van der Waals surface area contributed by atoms with Gasteiger partial charge >= 0.3 is 5.97 Å². The van der Waals surface area contributed by atoms with Gasteiger partial charge in [0.15, 0.2) is 0 Å². The molecule has 0 unspecified atom stereocenters.